The fourth-order valence-corrected chi connectivity index (χ4v) is 1.43. The van der Waals surface area contributed by atoms with Crippen LogP contribution in [0.2, 0.25) is 0 Å². The second kappa shape index (κ2) is 6.83. The van der Waals surface area contributed by atoms with Crippen LogP contribution in [0.15, 0.2) is 12.1 Å². The van der Waals surface area contributed by atoms with Crippen molar-refractivity contribution < 1.29 is 4.79 Å². The lowest BCUT2D eigenvalue weighted by Gasteiger charge is -2.15. The van der Waals surface area contributed by atoms with E-state index in [2.05, 4.69) is 22.4 Å². The van der Waals surface area contributed by atoms with Crippen LogP contribution in [0, 0.1) is 0 Å². The van der Waals surface area contributed by atoms with Gasteiger partial charge < -0.3 is 10.2 Å². The lowest BCUT2D eigenvalue weighted by Crippen LogP contribution is -2.28. The van der Waals surface area contributed by atoms with E-state index in [4.69, 9.17) is 0 Å². The molecule has 0 aliphatic heterocycles. The van der Waals surface area contributed by atoms with Gasteiger partial charge in [-0.1, -0.05) is 13.8 Å². The molecule has 5 nitrogen and oxygen atoms in total. The van der Waals surface area contributed by atoms with Gasteiger partial charge in [-0.15, -0.1) is 10.2 Å². The average molecular weight is 236 g/mol. The van der Waals surface area contributed by atoms with Gasteiger partial charge in [0.05, 0.1) is 0 Å². The van der Waals surface area contributed by atoms with Crippen molar-refractivity contribution in [2.24, 2.45) is 0 Å². The molecule has 0 saturated heterocycles. The fraction of sp³-hybridized carbons (Fsp3) is 0.583. The molecule has 0 unspecified atom stereocenters. The summed E-state index contributed by atoms with van der Waals surface area (Å²) in [6, 6.07) is 3.50. The van der Waals surface area contributed by atoms with Crippen LogP contribution >= 0.6 is 0 Å². The summed E-state index contributed by atoms with van der Waals surface area (Å²) in [5, 5.41) is 11.0. The molecule has 0 aromatic carbocycles. The van der Waals surface area contributed by atoms with Gasteiger partial charge in [0.25, 0.3) is 5.91 Å². The van der Waals surface area contributed by atoms with Gasteiger partial charge in [-0.25, -0.2) is 0 Å². The van der Waals surface area contributed by atoms with Crippen LogP contribution in [-0.4, -0.2) is 41.1 Å². The van der Waals surface area contributed by atoms with Crippen LogP contribution in [0.5, 0.6) is 0 Å². The Hall–Kier alpha value is -1.65. The first-order valence-corrected chi connectivity index (χ1v) is 6.02. The monoisotopic (exact) mass is 236 g/mol. The number of nitrogens with zero attached hydrogens (tertiary/aromatic N) is 3. The number of hydrogen-bond acceptors (Lipinski definition) is 4. The number of carbonyl (C=O) groups excluding carboxylic acids is 1. The van der Waals surface area contributed by atoms with Crippen molar-refractivity contribution in [3.8, 4) is 0 Å². The van der Waals surface area contributed by atoms with E-state index in [1.165, 1.54) is 0 Å². The van der Waals surface area contributed by atoms with E-state index in [0.29, 0.717) is 11.5 Å². The normalized spacial score (nSPS) is 10.1. The lowest BCUT2D eigenvalue weighted by molar-refractivity contribution is 0.0788. The molecule has 0 fully saturated rings. The van der Waals surface area contributed by atoms with E-state index in [0.717, 1.165) is 25.9 Å². The highest BCUT2D eigenvalue weighted by molar-refractivity contribution is 5.92. The molecule has 1 amide bonds. The highest BCUT2D eigenvalue weighted by Crippen LogP contribution is 2.04. The highest BCUT2D eigenvalue weighted by Gasteiger charge is 2.12. The zero-order chi connectivity index (χ0) is 12.7. The second-order valence-corrected chi connectivity index (χ2v) is 3.96. The van der Waals surface area contributed by atoms with Crippen molar-refractivity contribution in [3.63, 3.8) is 0 Å². The van der Waals surface area contributed by atoms with Gasteiger partial charge in [-0.2, -0.15) is 0 Å². The molecule has 1 rings (SSSR count). The van der Waals surface area contributed by atoms with Crippen LogP contribution < -0.4 is 5.32 Å². The molecule has 0 spiro atoms. The first-order valence-electron chi connectivity index (χ1n) is 6.02. The Kier molecular flexibility index (Phi) is 5.39. The van der Waals surface area contributed by atoms with Gasteiger partial charge in [-0.05, 0) is 25.0 Å². The third-order valence-electron chi connectivity index (χ3n) is 2.35. The lowest BCUT2D eigenvalue weighted by atomic mass is 10.3. The van der Waals surface area contributed by atoms with Crippen LogP contribution in [0.25, 0.3) is 0 Å². The number of hydrogen-bond donors (Lipinski definition) is 1. The molecular formula is C12H20N4O. The summed E-state index contributed by atoms with van der Waals surface area (Å²) in [7, 11) is 1.77. The summed E-state index contributed by atoms with van der Waals surface area (Å²) in [5.74, 6) is 0.628. The molecule has 0 saturated carbocycles. The summed E-state index contributed by atoms with van der Waals surface area (Å²) in [4.78, 5) is 13.5. The number of nitrogens with one attached hydrogen (secondary N) is 1. The fourth-order valence-electron chi connectivity index (χ4n) is 1.43. The molecule has 1 N–H and O–H groups in total. The highest BCUT2D eigenvalue weighted by atomic mass is 16.2. The first-order chi connectivity index (χ1) is 8.19. The van der Waals surface area contributed by atoms with Crippen LogP contribution in [0.1, 0.15) is 37.2 Å². The standard InChI is InChI=1S/C12H20N4O/c1-4-8-13-11-7-6-10(14-15-11)12(17)16(3)9-5-2/h6-7H,4-5,8-9H2,1-3H3,(H,13,15). The third kappa shape index (κ3) is 4.01. The van der Waals surface area contributed by atoms with Crippen molar-refractivity contribution >= 4 is 11.7 Å². The van der Waals surface area contributed by atoms with Gasteiger partial charge in [0.1, 0.15) is 5.82 Å². The van der Waals surface area contributed by atoms with Crippen molar-refractivity contribution in [1.82, 2.24) is 15.1 Å². The maximum absolute atomic E-state index is 11.9. The Balaban J connectivity index is 2.63. The molecule has 1 aromatic rings. The Morgan fingerprint density at radius 2 is 2.06 bits per heavy atom. The molecule has 0 aliphatic carbocycles. The molecule has 5 heteroatoms. The minimum absolute atomic E-state index is 0.0820. The van der Waals surface area contributed by atoms with Gasteiger partial charge in [0.2, 0.25) is 0 Å². The maximum Gasteiger partial charge on any atom is 0.274 e. The first kappa shape index (κ1) is 13.4. The predicted octanol–water partition coefficient (Wildman–Crippen LogP) is 1.78. The third-order valence-corrected chi connectivity index (χ3v) is 2.35. The van der Waals surface area contributed by atoms with Crippen LogP contribution in [-0.2, 0) is 0 Å². The smallest absolute Gasteiger partial charge is 0.274 e. The molecule has 0 radical (unpaired) electrons. The molecule has 17 heavy (non-hydrogen) atoms. The number of amides is 1. The second-order valence-electron chi connectivity index (χ2n) is 3.96. The summed E-state index contributed by atoms with van der Waals surface area (Å²) in [6.45, 7) is 5.71. The van der Waals surface area contributed by atoms with E-state index in [1.807, 2.05) is 6.92 Å². The number of carbonyl (C=O) groups is 1. The van der Waals surface area contributed by atoms with Crippen molar-refractivity contribution in [1.29, 1.82) is 0 Å². The Morgan fingerprint density at radius 1 is 1.29 bits per heavy atom. The SMILES string of the molecule is CCCNc1ccc(C(=O)N(C)CCC)nn1. The molecule has 1 heterocycles. The predicted molar refractivity (Wildman–Crippen MR) is 68.1 cm³/mol. The molecular weight excluding hydrogens is 216 g/mol. The Morgan fingerprint density at radius 3 is 2.59 bits per heavy atom. The maximum atomic E-state index is 11.9. The average Bonchev–Trinajstić information content (AvgIpc) is 2.36. The quantitative estimate of drug-likeness (QED) is 0.818. The summed E-state index contributed by atoms with van der Waals surface area (Å²) in [5.41, 5.74) is 0.392. The van der Waals surface area contributed by atoms with E-state index < -0.39 is 0 Å². The summed E-state index contributed by atoms with van der Waals surface area (Å²) >= 11 is 0. The van der Waals surface area contributed by atoms with Gasteiger partial charge >= 0.3 is 0 Å². The zero-order valence-corrected chi connectivity index (χ0v) is 10.7. The minimum Gasteiger partial charge on any atom is -0.369 e. The van der Waals surface area contributed by atoms with Crippen molar-refractivity contribution in [2.75, 3.05) is 25.5 Å². The Bertz CT molecular complexity index is 350. The zero-order valence-electron chi connectivity index (χ0n) is 10.7. The van der Waals surface area contributed by atoms with Gasteiger partial charge in [0.15, 0.2) is 5.69 Å². The number of rotatable bonds is 6. The van der Waals surface area contributed by atoms with E-state index in [1.54, 1.807) is 24.1 Å². The van der Waals surface area contributed by atoms with E-state index in [9.17, 15) is 4.79 Å². The van der Waals surface area contributed by atoms with Gasteiger partial charge in [0, 0.05) is 20.1 Å². The largest absolute Gasteiger partial charge is 0.369 e. The minimum atomic E-state index is -0.0820. The molecule has 0 atom stereocenters. The molecule has 1 aromatic heterocycles. The van der Waals surface area contributed by atoms with Crippen molar-refractivity contribution in [2.45, 2.75) is 26.7 Å². The Labute approximate surface area is 102 Å². The summed E-state index contributed by atoms with van der Waals surface area (Å²) in [6.07, 6.45) is 1.97. The van der Waals surface area contributed by atoms with E-state index >= 15 is 0 Å². The summed E-state index contributed by atoms with van der Waals surface area (Å²) < 4.78 is 0. The molecule has 94 valence electrons. The number of anilines is 1. The van der Waals surface area contributed by atoms with Gasteiger partial charge in [-0.3, -0.25) is 4.79 Å². The van der Waals surface area contributed by atoms with E-state index in [-0.39, 0.29) is 5.91 Å². The van der Waals surface area contributed by atoms with Crippen LogP contribution in [0.3, 0.4) is 0 Å². The molecule has 0 aliphatic rings. The topological polar surface area (TPSA) is 58.1 Å². The molecule has 0 bridgehead atoms. The number of aromatic nitrogens is 2. The van der Waals surface area contributed by atoms with Crippen LogP contribution in [0.4, 0.5) is 5.82 Å². The van der Waals surface area contributed by atoms with Crippen molar-refractivity contribution in [3.05, 3.63) is 17.8 Å².